The zero-order chi connectivity index (χ0) is 25.5. The molecule has 0 unspecified atom stereocenters. The van der Waals surface area contributed by atoms with Crippen LogP contribution in [0.2, 0.25) is 0 Å². The van der Waals surface area contributed by atoms with Gasteiger partial charge in [-0.25, -0.2) is 0 Å². The third-order valence-electron chi connectivity index (χ3n) is 6.09. The van der Waals surface area contributed by atoms with Gasteiger partial charge in [0.1, 0.15) is 12.3 Å². The first-order valence-corrected chi connectivity index (χ1v) is 11.7. The van der Waals surface area contributed by atoms with E-state index in [0.29, 0.717) is 30.8 Å². The van der Waals surface area contributed by atoms with Crippen molar-refractivity contribution in [3.63, 3.8) is 0 Å². The monoisotopic (exact) mass is 487 g/mol. The van der Waals surface area contributed by atoms with E-state index < -0.39 is 6.10 Å². The molecule has 0 spiro atoms. The van der Waals surface area contributed by atoms with Crippen LogP contribution in [0.3, 0.4) is 0 Å². The summed E-state index contributed by atoms with van der Waals surface area (Å²) in [7, 11) is 1.61. The Kier molecular flexibility index (Phi) is 8.07. The van der Waals surface area contributed by atoms with Crippen molar-refractivity contribution in [2.45, 2.75) is 26.2 Å². The summed E-state index contributed by atoms with van der Waals surface area (Å²) in [6, 6.07) is 17.8. The SMILES string of the molecule is COc1ccc(CN2C[C@@H](OCc3cccnc3)CN(C(=O)c3ccc(C(C)=O)cc3)CC2=O)cc1. The molecular weight excluding hydrogens is 458 g/mol. The lowest BCUT2D eigenvalue weighted by Crippen LogP contribution is -2.39. The lowest BCUT2D eigenvalue weighted by molar-refractivity contribution is -0.132. The predicted octanol–water partition coefficient (Wildman–Crippen LogP) is 3.36. The van der Waals surface area contributed by atoms with Crippen molar-refractivity contribution in [2.75, 3.05) is 26.7 Å². The number of rotatable bonds is 8. The third kappa shape index (κ3) is 6.34. The van der Waals surface area contributed by atoms with Crippen molar-refractivity contribution < 1.29 is 23.9 Å². The van der Waals surface area contributed by atoms with Crippen LogP contribution in [0.5, 0.6) is 5.75 Å². The molecule has 0 bridgehead atoms. The molecule has 0 aliphatic carbocycles. The van der Waals surface area contributed by atoms with Gasteiger partial charge in [-0.2, -0.15) is 0 Å². The number of pyridine rings is 1. The molecule has 4 rings (SSSR count). The molecule has 0 radical (unpaired) electrons. The van der Waals surface area contributed by atoms with Crippen molar-refractivity contribution >= 4 is 17.6 Å². The Morgan fingerprint density at radius 1 is 0.972 bits per heavy atom. The van der Waals surface area contributed by atoms with E-state index in [9.17, 15) is 14.4 Å². The summed E-state index contributed by atoms with van der Waals surface area (Å²) in [5.41, 5.74) is 2.81. The second-order valence-corrected chi connectivity index (χ2v) is 8.74. The normalized spacial score (nSPS) is 15.9. The molecular formula is C28H29N3O5. The average molecular weight is 488 g/mol. The van der Waals surface area contributed by atoms with E-state index in [1.807, 2.05) is 36.4 Å². The number of amides is 2. The summed E-state index contributed by atoms with van der Waals surface area (Å²) in [5.74, 6) is 0.231. The largest absolute Gasteiger partial charge is 0.497 e. The van der Waals surface area contributed by atoms with Crippen molar-refractivity contribution in [3.05, 3.63) is 95.3 Å². The molecule has 8 nitrogen and oxygen atoms in total. The van der Waals surface area contributed by atoms with Gasteiger partial charge in [0.05, 0.1) is 19.8 Å². The molecule has 1 aromatic heterocycles. The fraction of sp³-hybridized carbons (Fsp3) is 0.286. The van der Waals surface area contributed by atoms with Crippen LogP contribution in [0.25, 0.3) is 0 Å². The van der Waals surface area contributed by atoms with Gasteiger partial charge in [-0.1, -0.05) is 30.3 Å². The molecule has 36 heavy (non-hydrogen) atoms. The minimum atomic E-state index is -0.393. The number of carbonyl (C=O) groups is 3. The Labute approximate surface area is 210 Å². The topological polar surface area (TPSA) is 89.0 Å². The highest BCUT2D eigenvalue weighted by Gasteiger charge is 2.31. The molecule has 1 fully saturated rings. The van der Waals surface area contributed by atoms with Crippen molar-refractivity contribution in [2.24, 2.45) is 0 Å². The van der Waals surface area contributed by atoms with Gasteiger partial charge in [-0.15, -0.1) is 0 Å². The van der Waals surface area contributed by atoms with Gasteiger partial charge in [0.25, 0.3) is 5.91 Å². The molecule has 2 heterocycles. The maximum absolute atomic E-state index is 13.3. The molecule has 1 aliphatic heterocycles. The third-order valence-corrected chi connectivity index (χ3v) is 6.09. The van der Waals surface area contributed by atoms with Crippen LogP contribution >= 0.6 is 0 Å². The number of aromatic nitrogens is 1. The van der Waals surface area contributed by atoms with Crippen LogP contribution in [0.1, 0.15) is 38.8 Å². The van der Waals surface area contributed by atoms with Crippen LogP contribution in [0.15, 0.2) is 73.1 Å². The number of hydrogen-bond donors (Lipinski definition) is 0. The Bertz CT molecular complexity index is 1200. The first kappa shape index (κ1) is 25.1. The van der Waals surface area contributed by atoms with Crippen LogP contribution in [-0.4, -0.2) is 65.2 Å². The second kappa shape index (κ2) is 11.6. The average Bonchev–Trinajstić information content (AvgIpc) is 3.06. The summed E-state index contributed by atoms with van der Waals surface area (Å²) in [6.07, 6.45) is 3.04. The van der Waals surface area contributed by atoms with E-state index in [0.717, 1.165) is 16.9 Å². The molecule has 2 aromatic carbocycles. The minimum Gasteiger partial charge on any atom is -0.497 e. The Morgan fingerprint density at radius 3 is 2.33 bits per heavy atom. The van der Waals surface area contributed by atoms with Crippen molar-refractivity contribution in [3.8, 4) is 5.75 Å². The zero-order valence-electron chi connectivity index (χ0n) is 20.4. The van der Waals surface area contributed by atoms with E-state index in [1.54, 1.807) is 48.7 Å². The fourth-order valence-corrected chi connectivity index (χ4v) is 4.07. The van der Waals surface area contributed by atoms with Crippen LogP contribution in [-0.2, 0) is 22.7 Å². The number of ether oxygens (including phenoxy) is 2. The molecule has 186 valence electrons. The van der Waals surface area contributed by atoms with Crippen LogP contribution < -0.4 is 4.74 Å². The van der Waals surface area contributed by atoms with Crippen LogP contribution in [0.4, 0.5) is 0 Å². The van der Waals surface area contributed by atoms with Gasteiger partial charge in [0, 0.05) is 43.2 Å². The molecule has 1 atom stereocenters. The number of methoxy groups -OCH3 is 1. The van der Waals surface area contributed by atoms with Crippen molar-refractivity contribution in [1.82, 2.24) is 14.8 Å². The number of nitrogens with zero attached hydrogens (tertiary/aromatic N) is 3. The summed E-state index contributed by atoms with van der Waals surface area (Å²) in [6.45, 7) is 2.74. The lowest BCUT2D eigenvalue weighted by atomic mass is 10.1. The maximum Gasteiger partial charge on any atom is 0.254 e. The Balaban J connectivity index is 1.53. The van der Waals surface area contributed by atoms with E-state index in [4.69, 9.17) is 9.47 Å². The standard InChI is InChI=1S/C28H29N3O5/c1-20(32)23-7-9-24(10-8-23)28(34)31-17-26(36-19-22-4-3-13-29-14-22)16-30(27(33)18-31)15-21-5-11-25(35-2)12-6-21/h3-14,26H,15-19H2,1-2H3/t26-/m1/s1. The van der Waals surface area contributed by atoms with E-state index >= 15 is 0 Å². The molecule has 1 saturated heterocycles. The van der Waals surface area contributed by atoms with Gasteiger partial charge in [-0.3, -0.25) is 19.4 Å². The minimum absolute atomic E-state index is 0.0593. The first-order valence-electron chi connectivity index (χ1n) is 11.7. The van der Waals surface area contributed by atoms with E-state index in [-0.39, 0.29) is 30.7 Å². The summed E-state index contributed by atoms with van der Waals surface area (Å²) >= 11 is 0. The van der Waals surface area contributed by atoms with Gasteiger partial charge in [0.15, 0.2) is 5.78 Å². The highest BCUT2D eigenvalue weighted by atomic mass is 16.5. The summed E-state index contributed by atoms with van der Waals surface area (Å²) in [5, 5.41) is 0. The van der Waals surface area contributed by atoms with Gasteiger partial charge < -0.3 is 19.3 Å². The van der Waals surface area contributed by atoms with Crippen molar-refractivity contribution in [1.29, 1.82) is 0 Å². The number of carbonyl (C=O) groups excluding carboxylic acids is 3. The summed E-state index contributed by atoms with van der Waals surface area (Å²) in [4.78, 5) is 45.5. The maximum atomic E-state index is 13.3. The van der Waals surface area contributed by atoms with Gasteiger partial charge >= 0.3 is 0 Å². The van der Waals surface area contributed by atoms with E-state index in [2.05, 4.69) is 4.98 Å². The van der Waals surface area contributed by atoms with Crippen LogP contribution in [0, 0.1) is 0 Å². The molecule has 2 amide bonds. The molecule has 3 aromatic rings. The first-order chi connectivity index (χ1) is 17.4. The fourth-order valence-electron chi connectivity index (χ4n) is 4.07. The molecule has 0 N–H and O–H groups in total. The Hall–Kier alpha value is -4.04. The predicted molar refractivity (Wildman–Crippen MR) is 134 cm³/mol. The zero-order valence-corrected chi connectivity index (χ0v) is 20.4. The second-order valence-electron chi connectivity index (χ2n) is 8.74. The quantitative estimate of drug-likeness (QED) is 0.453. The lowest BCUT2D eigenvalue weighted by Gasteiger charge is -2.25. The number of hydrogen-bond acceptors (Lipinski definition) is 6. The number of ketones is 1. The molecule has 1 aliphatic rings. The molecule has 8 heteroatoms. The highest BCUT2D eigenvalue weighted by Crippen LogP contribution is 2.18. The number of Topliss-reactive ketones (excluding diaryl/α,β-unsaturated/α-hetero) is 1. The molecule has 0 saturated carbocycles. The number of benzene rings is 2. The highest BCUT2D eigenvalue weighted by molar-refractivity contribution is 5.99. The van der Waals surface area contributed by atoms with E-state index in [1.165, 1.54) is 11.8 Å². The summed E-state index contributed by atoms with van der Waals surface area (Å²) < 4.78 is 11.4. The Morgan fingerprint density at radius 2 is 1.69 bits per heavy atom. The smallest absolute Gasteiger partial charge is 0.254 e. The van der Waals surface area contributed by atoms with Gasteiger partial charge in [-0.05, 0) is 48.4 Å². The van der Waals surface area contributed by atoms with Gasteiger partial charge in [0.2, 0.25) is 5.91 Å².